The number of aromatic nitrogens is 2. The van der Waals surface area contributed by atoms with Crippen molar-refractivity contribution >= 4 is 11.0 Å². The minimum Gasteiger partial charge on any atom is -0.396 e. The molecule has 0 spiro atoms. The van der Waals surface area contributed by atoms with Crippen LogP contribution in [0.3, 0.4) is 0 Å². The molecule has 0 radical (unpaired) electrons. The smallest absolute Gasteiger partial charge is 0.0955 e. The molecule has 1 heterocycles. The zero-order chi connectivity index (χ0) is 14.0. The summed E-state index contributed by atoms with van der Waals surface area (Å²) in [5.41, 5.74) is 3.43. The molecule has 0 saturated carbocycles. The van der Waals surface area contributed by atoms with Crippen molar-refractivity contribution in [3.05, 3.63) is 30.1 Å². The zero-order valence-electron chi connectivity index (χ0n) is 12.2. The van der Waals surface area contributed by atoms with Crippen molar-refractivity contribution in [1.29, 1.82) is 0 Å². The van der Waals surface area contributed by atoms with Crippen LogP contribution in [0.4, 0.5) is 0 Å². The van der Waals surface area contributed by atoms with Gasteiger partial charge in [-0.2, -0.15) is 0 Å². The summed E-state index contributed by atoms with van der Waals surface area (Å²) in [6.07, 6.45) is 2.61. The quantitative estimate of drug-likeness (QED) is 0.897. The molecule has 0 fully saturated rings. The first-order chi connectivity index (χ1) is 8.94. The van der Waals surface area contributed by atoms with Crippen LogP contribution in [0.15, 0.2) is 24.5 Å². The molecule has 4 heteroatoms. The van der Waals surface area contributed by atoms with Gasteiger partial charge in [-0.05, 0) is 45.0 Å². The van der Waals surface area contributed by atoms with E-state index >= 15 is 0 Å². The molecular weight excluding hydrogens is 238 g/mol. The molecule has 2 aromatic rings. The number of imidazole rings is 1. The number of nitrogens with zero attached hydrogens (tertiary/aromatic N) is 3. The number of fused-ring (bicyclic) bond motifs is 1. The van der Waals surface area contributed by atoms with E-state index < -0.39 is 0 Å². The number of aryl methyl sites for hydroxylation is 1. The summed E-state index contributed by atoms with van der Waals surface area (Å²) >= 11 is 0. The lowest BCUT2D eigenvalue weighted by Crippen LogP contribution is -2.41. The predicted molar refractivity (Wildman–Crippen MR) is 78.0 cm³/mol. The largest absolute Gasteiger partial charge is 0.396 e. The van der Waals surface area contributed by atoms with Crippen molar-refractivity contribution in [3.63, 3.8) is 0 Å². The second kappa shape index (κ2) is 5.31. The Balaban J connectivity index is 2.17. The van der Waals surface area contributed by atoms with Crippen LogP contribution in [0.5, 0.6) is 0 Å². The van der Waals surface area contributed by atoms with E-state index in [-0.39, 0.29) is 12.1 Å². The fourth-order valence-electron chi connectivity index (χ4n) is 2.23. The molecule has 0 unspecified atom stereocenters. The Morgan fingerprint density at radius 3 is 2.79 bits per heavy atom. The van der Waals surface area contributed by atoms with Gasteiger partial charge in [-0.15, -0.1) is 0 Å². The van der Waals surface area contributed by atoms with Crippen LogP contribution in [-0.4, -0.2) is 38.8 Å². The number of hydrogen-bond donors (Lipinski definition) is 1. The van der Waals surface area contributed by atoms with E-state index in [1.807, 2.05) is 17.9 Å². The first-order valence-electron chi connectivity index (χ1n) is 6.66. The van der Waals surface area contributed by atoms with Crippen LogP contribution in [0.1, 0.15) is 25.8 Å². The fourth-order valence-corrected chi connectivity index (χ4v) is 2.23. The molecule has 1 N–H and O–H groups in total. The highest BCUT2D eigenvalue weighted by Gasteiger charge is 2.22. The number of rotatable bonds is 5. The molecular formula is C15H23N3O. The van der Waals surface area contributed by atoms with Gasteiger partial charge in [-0.25, -0.2) is 4.98 Å². The zero-order valence-corrected chi connectivity index (χ0v) is 12.2. The Labute approximate surface area is 114 Å². The summed E-state index contributed by atoms with van der Waals surface area (Å²) in [7, 11) is 4.10. The summed E-state index contributed by atoms with van der Waals surface area (Å²) in [4.78, 5) is 6.66. The Bertz CT molecular complexity index is 560. The van der Waals surface area contributed by atoms with Crippen molar-refractivity contribution in [1.82, 2.24) is 14.5 Å². The SMILES string of the molecule is CN(Cc1ccc2c(c1)ncn2C)C(C)(C)CCO. The molecule has 0 aliphatic rings. The maximum Gasteiger partial charge on any atom is 0.0955 e. The molecule has 4 nitrogen and oxygen atoms in total. The summed E-state index contributed by atoms with van der Waals surface area (Å²) in [5.74, 6) is 0. The Kier molecular flexibility index (Phi) is 3.92. The van der Waals surface area contributed by atoms with Gasteiger partial charge in [0.25, 0.3) is 0 Å². The molecule has 0 aliphatic carbocycles. The van der Waals surface area contributed by atoms with E-state index in [0.717, 1.165) is 24.0 Å². The average molecular weight is 261 g/mol. The number of aliphatic hydroxyl groups is 1. The van der Waals surface area contributed by atoms with Crippen LogP contribution in [-0.2, 0) is 13.6 Å². The van der Waals surface area contributed by atoms with E-state index in [1.165, 1.54) is 5.56 Å². The van der Waals surface area contributed by atoms with Crippen LogP contribution in [0, 0.1) is 0 Å². The van der Waals surface area contributed by atoms with Crippen molar-refractivity contribution in [2.24, 2.45) is 7.05 Å². The van der Waals surface area contributed by atoms with Gasteiger partial charge in [0.15, 0.2) is 0 Å². The number of benzene rings is 1. The van der Waals surface area contributed by atoms with E-state index in [0.29, 0.717) is 0 Å². The van der Waals surface area contributed by atoms with E-state index in [4.69, 9.17) is 5.11 Å². The Morgan fingerprint density at radius 1 is 1.37 bits per heavy atom. The standard InChI is InChI=1S/C15H23N3O/c1-15(2,7-8-19)18(4)10-12-5-6-14-13(9-12)16-11-17(14)3/h5-6,9,11,19H,7-8,10H2,1-4H3. The molecule has 1 aromatic heterocycles. The van der Waals surface area contributed by atoms with Gasteiger partial charge in [-0.3, -0.25) is 4.90 Å². The third kappa shape index (κ3) is 2.96. The summed E-state index contributed by atoms with van der Waals surface area (Å²) in [5, 5.41) is 9.12. The van der Waals surface area contributed by atoms with Crippen molar-refractivity contribution in [2.75, 3.05) is 13.7 Å². The number of hydrogen-bond acceptors (Lipinski definition) is 3. The van der Waals surface area contributed by atoms with Crippen LogP contribution < -0.4 is 0 Å². The van der Waals surface area contributed by atoms with Gasteiger partial charge < -0.3 is 9.67 Å². The monoisotopic (exact) mass is 261 g/mol. The highest BCUT2D eigenvalue weighted by atomic mass is 16.3. The third-order valence-corrected chi connectivity index (χ3v) is 3.97. The van der Waals surface area contributed by atoms with Gasteiger partial charge in [0, 0.05) is 25.7 Å². The topological polar surface area (TPSA) is 41.3 Å². The average Bonchev–Trinajstić information content (AvgIpc) is 2.70. The molecule has 0 bridgehead atoms. The van der Waals surface area contributed by atoms with Crippen LogP contribution >= 0.6 is 0 Å². The molecule has 1 aromatic carbocycles. The predicted octanol–water partition coefficient (Wildman–Crippen LogP) is 2.17. The van der Waals surface area contributed by atoms with Crippen molar-refractivity contribution in [2.45, 2.75) is 32.4 Å². The minimum absolute atomic E-state index is 0.00613. The first kappa shape index (κ1) is 14.0. The maximum atomic E-state index is 9.12. The molecule has 0 saturated heterocycles. The Morgan fingerprint density at radius 2 is 2.11 bits per heavy atom. The van der Waals surface area contributed by atoms with Crippen molar-refractivity contribution < 1.29 is 5.11 Å². The van der Waals surface area contributed by atoms with E-state index in [9.17, 15) is 0 Å². The van der Waals surface area contributed by atoms with Gasteiger partial charge >= 0.3 is 0 Å². The van der Waals surface area contributed by atoms with Crippen LogP contribution in [0.25, 0.3) is 11.0 Å². The molecule has 2 rings (SSSR count). The van der Waals surface area contributed by atoms with Crippen LogP contribution in [0.2, 0.25) is 0 Å². The molecule has 0 aliphatic heterocycles. The second-order valence-corrected chi connectivity index (χ2v) is 5.82. The van der Waals surface area contributed by atoms with Gasteiger partial charge in [0.1, 0.15) is 0 Å². The van der Waals surface area contributed by atoms with Gasteiger partial charge in [0.2, 0.25) is 0 Å². The second-order valence-electron chi connectivity index (χ2n) is 5.82. The highest BCUT2D eigenvalue weighted by Crippen LogP contribution is 2.21. The summed E-state index contributed by atoms with van der Waals surface area (Å²) in [6, 6.07) is 6.40. The lowest BCUT2D eigenvalue weighted by Gasteiger charge is -2.35. The maximum absolute atomic E-state index is 9.12. The van der Waals surface area contributed by atoms with E-state index in [1.54, 1.807) is 0 Å². The summed E-state index contributed by atoms with van der Waals surface area (Å²) < 4.78 is 2.03. The highest BCUT2D eigenvalue weighted by molar-refractivity contribution is 5.75. The Hall–Kier alpha value is -1.39. The first-order valence-corrected chi connectivity index (χ1v) is 6.66. The molecule has 0 amide bonds. The normalized spacial score (nSPS) is 12.5. The number of aliphatic hydroxyl groups excluding tert-OH is 1. The minimum atomic E-state index is -0.00613. The van der Waals surface area contributed by atoms with Gasteiger partial charge in [0.05, 0.1) is 17.4 Å². The molecule has 19 heavy (non-hydrogen) atoms. The molecule has 0 atom stereocenters. The summed E-state index contributed by atoms with van der Waals surface area (Å²) in [6.45, 7) is 5.39. The van der Waals surface area contributed by atoms with Crippen molar-refractivity contribution in [3.8, 4) is 0 Å². The van der Waals surface area contributed by atoms with E-state index in [2.05, 4.69) is 49.0 Å². The lowest BCUT2D eigenvalue weighted by molar-refractivity contribution is 0.110. The lowest BCUT2D eigenvalue weighted by atomic mass is 9.98. The van der Waals surface area contributed by atoms with Gasteiger partial charge in [-0.1, -0.05) is 6.07 Å². The molecule has 104 valence electrons. The fraction of sp³-hybridized carbons (Fsp3) is 0.533. The third-order valence-electron chi connectivity index (χ3n) is 3.97.